The zero-order valence-corrected chi connectivity index (χ0v) is 19.9. The van der Waals surface area contributed by atoms with Gasteiger partial charge in [0.05, 0.1) is 11.7 Å². The lowest BCUT2D eigenvalue weighted by molar-refractivity contribution is -0.154. The largest absolute Gasteiger partial charge is 0.519 e. The quantitative estimate of drug-likeness (QED) is 0.374. The average Bonchev–Trinajstić information content (AvgIpc) is 3.10. The lowest BCUT2D eigenvalue weighted by atomic mass is 9.91. The smallest absolute Gasteiger partial charge is 0.457 e. The Bertz CT molecular complexity index is 1310. The van der Waals surface area contributed by atoms with Crippen LogP contribution in [0.25, 0.3) is 0 Å². The fraction of sp³-hybridized carbons (Fsp3) is 0.600. The van der Waals surface area contributed by atoms with Gasteiger partial charge in [-0.3, -0.25) is 14.1 Å². The number of carbonyl (C=O) groups excluding carboxylic acids is 2. The van der Waals surface area contributed by atoms with E-state index < -0.39 is 51.1 Å². The van der Waals surface area contributed by atoms with Crippen molar-refractivity contribution in [3.63, 3.8) is 0 Å². The number of ether oxygens (including phenoxy) is 2. The van der Waals surface area contributed by atoms with Gasteiger partial charge in [0.25, 0.3) is 10.1 Å². The van der Waals surface area contributed by atoms with Crippen LogP contribution < -0.4 is 17.4 Å². The number of fused-ring (bicyclic) bond motifs is 1. The van der Waals surface area contributed by atoms with Crippen molar-refractivity contribution in [3.8, 4) is 0 Å². The van der Waals surface area contributed by atoms with E-state index in [9.17, 15) is 27.6 Å². The highest BCUT2D eigenvalue weighted by atomic mass is 32.2. The molecule has 0 aliphatic heterocycles. The minimum atomic E-state index is -3.66. The standard InChI is InChI=1S/C18H19NO10.C2H6O3S/c1-7-10(28-16(22)26-7)5-24-14(20)12-9-3-4-18(19,13(9)12)15(21)25-6-11-8(2)27-17(23)29-11;1-2-6(3,4)5/h9,12-13H,3-6,19H2,1-2H3;2H2,1H3,(H,3,4,5)/t9-,12-,13-,18-;/m0./s1. The monoisotopic (exact) mass is 519 g/mol. The molecular formula is C20H25NO13S. The molecule has 2 fully saturated rings. The summed E-state index contributed by atoms with van der Waals surface area (Å²) in [6.45, 7) is 3.86. The number of nitrogens with two attached hydrogens (primary N) is 1. The molecule has 2 saturated carbocycles. The third-order valence-corrected chi connectivity index (χ3v) is 6.75. The van der Waals surface area contributed by atoms with Crippen LogP contribution in [0.2, 0.25) is 0 Å². The van der Waals surface area contributed by atoms with Crippen molar-refractivity contribution in [1.29, 1.82) is 0 Å². The number of aryl methyl sites for hydroxylation is 2. The maximum atomic E-state index is 12.6. The summed E-state index contributed by atoms with van der Waals surface area (Å²) < 4.78 is 56.3. The molecule has 0 amide bonds. The van der Waals surface area contributed by atoms with Crippen molar-refractivity contribution in [3.05, 3.63) is 44.3 Å². The topological polar surface area (TPSA) is 220 Å². The van der Waals surface area contributed by atoms with Gasteiger partial charge in [-0.05, 0) is 39.5 Å². The Labute approximate surface area is 198 Å². The summed E-state index contributed by atoms with van der Waals surface area (Å²) in [5.41, 5.74) is 4.96. The second-order valence-corrected chi connectivity index (χ2v) is 9.96. The number of esters is 2. The molecule has 3 N–H and O–H groups in total. The summed E-state index contributed by atoms with van der Waals surface area (Å²) in [6, 6.07) is 0. The Morgan fingerprint density at radius 2 is 1.51 bits per heavy atom. The third kappa shape index (κ3) is 5.91. The first-order chi connectivity index (χ1) is 16.3. The Kier molecular flexibility index (Phi) is 7.42. The number of carbonyl (C=O) groups is 2. The van der Waals surface area contributed by atoms with E-state index in [1.807, 2.05) is 0 Å². The van der Waals surface area contributed by atoms with Crippen molar-refractivity contribution >= 4 is 22.1 Å². The minimum absolute atomic E-state index is 0.0777. The molecule has 0 bridgehead atoms. The average molecular weight is 519 g/mol. The Morgan fingerprint density at radius 1 is 1.03 bits per heavy atom. The predicted molar refractivity (Wildman–Crippen MR) is 112 cm³/mol. The molecule has 4 rings (SSSR count). The van der Waals surface area contributed by atoms with E-state index in [4.69, 9.17) is 37.4 Å². The molecule has 2 aliphatic rings. The molecule has 0 unspecified atom stereocenters. The van der Waals surface area contributed by atoms with Crippen LogP contribution in [0.1, 0.15) is 42.8 Å². The van der Waals surface area contributed by atoms with Gasteiger partial charge in [0.2, 0.25) is 0 Å². The SMILES string of the molecule is CCS(=O)(=O)O.Cc1oc(=O)oc1COC(=O)[C@H]1[C@@H]2CC[C@@](N)(C(=O)OCc3oc(=O)oc3C)[C@@H]21. The summed E-state index contributed by atoms with van der Waals surface area (Å²) in [6.07, 6.45) is 0.949. The molecule has 35 heavy (non-hydrogen) atoms. The predicted octanol–water partition coefficient (Wildman–Crippen LogP) is 0.430. The number of rotatable bonds is 7. The van der Waals surface area contributed by atoms with Crippen molar-refractivity contribution in [1.82, 2.24) is 0 Å². The second-order valence-electron chi connectivity index (χ2n) is 8.22. The van der Waals surface area contributed by atoms with Crippen LogP contribution in [0.4, 0.5) is 0 Å². The highest BCUT2D eigenvalue weighted by molar-refractivity contribution is 7.85. The molecular weight excluding hydrogens is 494 g/mol. The van der Waals surface area contributed by atoms with Crippen LogP contribution in [0, 0.1) is 31.6 Å². The molecule has 2 heterocycles. The van der Waals surface area contributed by atoms with Crippen molar-refractivity contribution < 1.29 is 49.7 Å². The Balaban J connectivity index is 0.000000509. The van der Waals surface area contributed by atoms with E-state index in [-0.39, 0.29) is 47.9 Å². The van der Waals surface area contributed by atoms with Crippen LogP contribution in [0.15, 0.2) is 27.3 Å². The van der Waals surface area contributed by atoms with Crippen molar-refractivity contribution in [2.75, 3.05) is 5.75 Å². The summed E-state index contributed by atoms with van der Waals surface area (Å²) in [5.74, 6) is -3.50. The first-order valence-corrected chi connectivity index (χ1v) is 12.1. The number of hydrogen-bond donors (Lipinski definition) is 2. The normalized spacial score (nSPS) is 24.8. The summed E-state index contributed by atoms with van der Waals surface area (Å²) in [4.78, 5) is 47.1. The van der Waals surface area contributed by atoms with E-state index in [1.54, 1.807) is 0 Å². The van der Waals surface area contributed by atoms with Crippen LogP contribution in [-0.2, 0) is 42.4 Å². The Morgan fingerprint density at radius 3 is 1.94 bits per heavy atom. The fourth-order valence-electron chi connectivity index (χ4n) is 4.08. The van der Waals surface area contributed by atoms with Crippen LogP contribution in [0.5, 0.6) is 0 Å². The van der Waals surface area contributed by atoms with E-state index in [0.717, 1.165) is 0 Å². The molecule has 0 spiro atoms. The summed E-state index contributed by atoms with van der Waals surface area (Å²) >= 11 is 0. The van der Waals surface area contributed by atoms with Crippen LogP contribution in [0.3, 0.4) is 0 Å². The highest BCUT2D eigenvalue weighted by Gasteiger charge is 2.70. The van der Waals surface area contributed by atoms with Gasteiger partial charge in [0.1, 0.15) is 5.54 Å². The summed E-state index contributed by atoms with van der Waals surface area (Å²) in [7, 11) is -3.66. The number of hydrogen-bond acceptors (Lipinski definition) is 13. The zero-order chi connectivity index (χ0) is 26.1. The third-order valence-electron chi connectivity index (χ3n) is 6.02. The summed E-state index contributed by atoms with van der Waals surface area (Å²) in [5, 5.41) is 0. The molecule has 2 aromatic rings. The van der Waals surface area contributed by atoms with Gasteiger partial charge in [-0.25, -0.2) is 9.59 Å². The first-order valence-electron chi connectivity index (χ1n) is 10.5. The molecule has 2 aliphatic carbocycles. The van der Waals surface area contributed by atoms with Crippen LogP contribution >= 0.6 is 0 Å². The van der Waals surface area contributed by atoms with Gasteiger partial charge in [0, 0.05) is 5.92 Å². The second kappa shape index (κ2) is 9.83. The maximum absolute atomic E-state index is 12.6. The minimum Gasteiger partial charge on any atom is -0.457 e. The van der Waals surface area contributed by atoms with Gasteiger partial charge < -0.3 is 32.9 Å². The molecule has 14 nitrogen and oxygen atoms in total. The molecule has 2 aromatic heterocycles. The van der Waals surface area contributed by atoms with E-state index in [2.05, 4.69) is 0 Å². The van der Waals surface area contributed by atoms with Gasteiger partial charge in [-0.1, -0.05) is 0 Å². The van der Waals surface area contributed by atoms with E-state index >= 15 is 0 Å². The van der Waals surface area contributed by atoms with E-state index in [1.165, 1.54) is 20.8 Å². The van der Waals surface area contributed by atoms with Crippen molar-refractivity contribution in [2.24, 2.45) is 23.5 Å². The molecule has 0 radical (unpaired) electrons. The molecule has 194 valence electrons. The molecule has 0 aromatic carbocycles. The van der Waals surface area contributed by atoms with Crippen molar-refractivity contribution in [2.45, 2.75) is 52.4 Å². The maximum Gasteiger partial charge on any atom is 0.519 e. The molecule has 0 saturated heterocycles. The van der Waals surface area contributed by atoms with E-state index in [0.29, 0.717) is 12.8 Å². The van der Waals surface area contributed by atoms with Gasteiger partial charge in [-0.15, -0.1) is 0 Å². The highest BCUT2D eigenvalue weighted by Crippen LogP contribution is 2.62. The first kappa shape index (κ1) is 26.4. The molecule has 4 atom stereocenters. The Hall–Kier alpha value is -3.17. The van der Waals surface area contributed by atoms with Gasteiger partial charge in [-0.2, -0.15) is 8.42 Å². The molecule has 15 heteroatoms. The van der Waals surface area contributed by atoms with Gasteiger partial charge >= 0.3 is 23.6 Å². The zero-order valence-electron chi connectivity index (χ0n) is 19.1. The van der Waals surface area contributed by atoms with Crippen LogP contribution in [-0.4, -0.2) is 36.2 Å². The van der Waals surface area contributed by atoms with Gasteiger partial charge in [0.15, 0.2) is 36.3 Å². The lowest BCUT2D eigenvalue weighted by Gasteiger charge is -2.24. The fourth-order valence-corrected chi connectivity index (χ4v) is 4.08. The lowest BCUT2D eigenvalue weighted by Crippen LogP contribution is -2.50.